The largest absolute Gasteiger partial charge is 0.371 e. The van der Waals surface area contributed by atoms with E-state index in [-0.39, 0.29) is 29.8 Å². The number of rotatable bonds is 6. The Balaban J connectivity index is 1.64. The molecule has 0 radical (unpaired) electrons. The van der Waals surface area contributed by atoms with Crippen LogP contribution >= 0.6 is 0 Å². The Hall–Kier alpha value is -3.03. The van der Waals surface area contributed by atoms with E-state index < -0.39 is 23.6 Å². The molecule has 1 fully saturated rings. The number of carbonyl (C=O) groups excluding carboxylic acids is 2. The molecule has 5 nitrogen and oxygen atoms in total. The first-order valence-corrected chi connectivity index (χ1v) is 10.2. The zero-order valence-corrected chi connectivity index (χ0v) is 17.6. The number of amides is 2. The molecule has 0 aliphatic carbocycles. The second-order valence-corrected chi connectivity index (χ2v) is 7.79. The van der Waals surface area contributed by atoms with E-state index in [0.29, 0.717) is 25.9 Å². The molecule has 1 aliphatic rings. The van der Waals surface area contributed by atoms with Crippen LogP contribution in [0.3, 0.4) is 0 Å². The second-order valence-electron chi connectivity index (χ2n) is 7.79. The van der Waals surface area contributed by atoms with Crippen molar-refractivity contribution < 1.29 is 22.8 Å². The fourth-order valence-electron chi connectivity index (χ4n) is 4.00. The van der Waals surface area contributed by atoms with Crippen LogP contribution in [0.25, 0.3) is 0 Å². The lowest BCUT2D eigenvalue weighted by Gasteiger charge is -2.38. The number of benzene rings is 2. The minimum absolute atomic E-state index is 0.0346. The lowest BCUT2D eigenvalue weighted by molar-refractivity contribution is -0.133. The molecule has 2 amide bonds. The van der Waals surface area contributed by atoms with Crippen molar-refractivity contribution in [1.29, 1.82) is 0 Å². The summed E-state index contributed by atoms with van der Waals surface area (Å²) in [6.07, 6.45) is 1.17. The molecule has 0 aromatic heterocycles. The van der Waals surface area contributed by atoms with Gasteiger partial charge < -0.3 is 15.1 Å². The number of halogens is 3. The first kappa shape index (κ1) is 22.7. The molecule has 8 heteroatoms. The Morgan fingerprint density at radius 2 is 1.65 bits per heavy atom. The smallest absolute Gasteiger partial charge is 0.224 e. The van der Waals surface area contributed by atoms with Gasteiger partial charge in [0.1, 0.15) is 17.5 Å². The lowest BCUT2D eigenvalue weighted by atomic mass is 9.99. The molecule has 2 aromatic carbocycles. The van der Waals surface area contributed by atoms with Crippen molar-refractivity contribution in [2.45, 2.75) is 38.3 Å². The third-order valence-electron chi connectivity index (χ3n) is 5.70. The highest BCUT2D eigenvalue weighted by molar-refractivity contribution is 5.79. The third kappa shape index (κ3) is 5.57. The van der Waals surface area contributed by atoms with Crippen LogP contribution in [0.4, 0.5) is 18.9 Å². The molecule has 1 aliphatic heterocycles. The number of piperidine rings is 1. The topological polar surface area (TPSA) is 52.7 Å². The Morgan fingerprint density at radius 3 is 2.19 bits per heavy atom. The van der Waals surface area contributed by atoms with Crippen molar-refractivity contribution in [2.24, 2.45) is 0 Å². The van der Waals surface area contributed by atoms with E-state index in [0.717, 1.165) is 17.8 Å². The quantitative estimate of drug-likeness (QED) is 0.754. The number of nitrogens with zero attached hydrogens (tertiary/aromatic N) is 2. The highest BCUT2D eigenvalue weighted by Gasteiger charge is 2.29. The van der Waals surface area contributed by atoms with Gasteiger partial charge in [-0.25, -0.2) is 13.2 Å². The number of hydrogen-bond acceptors (Lipinski definition) is 3. The molecule has 2 aromatic rings. The summed E-state index contributed by atoms with van der Waals surface area (Å²) in [4.78, 5) is 28.2. The molecule has 1 heterocycles. The molecular formula is C23H26F3N3O2. The highest BCUT2D eigenvalue weighted by Crippen LogP contribution is 2.27. The summed E-state index contributed by atoms with van der Waals surface area (Å²) in [5.74, 6) is -2.68. The summed E-state index contributed by atoms with van der Waals surface area (Å²) in [6.45, 7) is 2.64. The van der Waals surface area contributed by atoms with Crippen molar-refractivity contribution in [1.82, 2.24) is 10.2 Å². The Kier molecular flexibility index (Phi) is 7.20. The van der Waals surface area contributed by atoms with Crippen LogP contribution < -0.4 is 10.2 Å². The molecule has 1 atom stereocenters. The first-order chi connectivity index (χ1) is 14.8. The summed E-state index contributed by atoms with van der Waals surface area (Å²) >= 11 is 0. The summed E-state index contributed by atoms with van der Waals surface area (Å²) < 4.78 is 41.6. The molecule has 3 rings (SSSR count). The van der Waals surface area contributed by atoms with E-state index in [1.807, 2.05) is 0 Å². The van der Waals surface area contributed by atoms with E-state index in [2.05, 4.69) is 10.2 Å². The molecule has 1 unspecified atom stereocenters. The van der Waals surface area contributed by atoms with Crippen LogP contribution in [0.5, 0.6) is 0 Å². The van der Waals surface area contributed by atoms with E-state index >= 15 is 0 Å². The predicted octanol–water partition coefficient (Wildman–Crippen LogP) is 3.80. The predicted molar refractivity (Wildman–Crippen MR) is 112 cm³/mol. The van der Waals surface area contributed by atoms with Gasteiger partial charge in [-0.1, -0.05) is 6.07 Å². The van der Waals surface area contributed by atoms with Gasteiger partial charge in [-0.3, -0.25) is 9.59 Å². The molecule has 1 N–H and O–H groups in total. The van der Waals surface area contributed by atoms with Crippen molar-refractivity contribution in [3.63, 3.8) is 0 Å². The number of hydrogen-bond donors (Lipinski definition) is 1. The zero-order chi connectivity index (χ0) is 22.5. The second kappa shape index (κ2) is 9.85. The standard InChI is InChI=1S/C23H26F3N3O2/c1-15(30)27-21(23-19(25)4-3-5-20(23)26)14-22(31)28(2)17-10-12-29(13-11-17)18-8-6-16(24)7-9-18/h3-9,17,21H,10-14H2,1-2H3,(H,27,30). The molecule has 0 bridgehead atoms. The molecule has 0 spiro atoms. The third-order valence-corrected chi connectivity index (χ3v) is 5.70. The molecule has 1 saturated heterocycles. The summed E-state index contributed by atoms with van der Waals surface area (Å²) in [5, 5.41) is 2.49. The minimum Gasteiger partial charge on any atom is -0.371 e. The number of carbonyl (C=O) groups is 2. The van der Waals surface area contributed by atoms with Crippen LogP contribution in [0.15, 0.2) is 42.5 Å². The van der Waals surface area contributed by atoms with Gasteiger partial charge in [0.15, 0.2) is 0 Å². The summed E-state index contributed by atoms with van der Waals surface area (Å²) in [7, 11) is 1.67. The lowest BCUT2D eigenvalue weighted by Crippen LogP contribution is -2.46. The van der Waals surface area contributed by atoms with Gasteiger partial charge in [-0.05, 0) is 49.2 Å². The van der Waals surface area contributed by atoms with Crippen molar-refractivity contribution >= 4 is 17.5 Å². The van der Waals surface area contributed by atoms with E-state index in [1.54, 1.807) is 24.1 Å². The zero-order valence-electron chi connectivity index (χ0n) is 17.6. The van der Waals surface area contributed by atoms with Gasteiger partial charge in [-0.2, -0.15) is 0 Å². The van der Waals surface area contributed by atoms with Crippen LogP contribution in [0.2, 0.25) is 0 Å². The fraction of sp³-hybridized carbons (Fsp3) is 0.391. The van der Waals surface area contributed by atoms with Gasteiger partial charge in [0.05, 0.1) is 12.5 Å². The maximum Gasteiger partial charge on any atom is 0.224 e. The first-order valence-electron chi connectivity index (χ1n) is 10.2. The monoisotopic (exact) mass is 433 g/mol. The average molecular weight is 433 g/mol. The van der Waals surface area contributed by atoms with Crippen LogP contribution in [-0.2, 0) is 9.59 Å². The van der Waals surface area contributed by atoms with Crippen LogP contribution in [-0.4, -0.2) is 42.9 Å². The van der Waals surface area contributed by atoms with Crippen LogP contribution in [0, 0.1) is 17.5 Å². The van der Waals surface area contributed by atoms with Crippen molar-refractivity contribution in [3.8, 4) is 0 Å². The van der Waals surface area contributed by atoms with Crippen molar-refractivity contribution in [3.05, 3.63) is 65.5 Å². The molecular weight excluding hydrogens is 407 g/mol. The number of nitrogens with one attached hydrogen (secondary N) is 1. The highest BCUT2D eigenvalue weighted by atomic mass is 19.1. The maximum absolute atomic E-state index is 14.2. The van der Waals surface area contributed by atoms with Gasteiger partial charge in [0.2, 0.25) is 11.8 Å². The van der Waals surface area contributed by atoms with Gasteiger partial charge in [0, 0.05) is 44.4 Å². The molecule has 0 saturated carbocycles. The molecule has 31 heavy (non-hydrogen) atoms. The van der Waals surface area contributed by atoms with Gasteiger partial charge in [-0.15, -0.1) is 0 Å². The fourth-order valence-corrected chi connectivity index (χ4v) is 4.00. The summed E-state index contributed by atoms with van der Waals surface area (Å²) in [6, 6.07) is 8.61. The maximum atomic E-state index is 14.2. The van der Waals surface area contributed by atoms with Gasteiger partial charge >= 0.3 is 0 Å². The Morgan fingerprint density at radius 1 is 1.06 bits per heavy atom. The Bertz CT molecular complexity index is 908. The molecule has 166 valence electrons. The van der Waals surface area contributed by atoms with E-state index in [9.17, 15) is 22.8 Å². The Labute approximate surface area is 179 Å². The normalized spacial score (nSPS) is 15.5. The number of anilines is 1. The van der Waals surface area contributed by atoms with E-state index in [1.165, 1.54) is 25.1 Å². The van der Waals surface area contributed by atoms with Gasteiger partial charge in [0.25, 0.3) is 0 Å². The average Bonchev–Trinajstić information content (AvgIpc) is 2.73. The SMILES string of the molecule is CC(=O)NC(CC(=O)N(C)C1CCN(c2ccc(F)cc2)CC1)c1c(F)cccc1F. The van der Waals surface area contributed by atoms with E-state index in [4.69, 9.17) is 0 Å². The summed E-state index contributed by atoms with van der Waals surface area (Å²) in [5.41, 5.74) is 0.611. The van der Waals surface area contributed by atoms with Crippen molar-refractivity contribution in [2.75, 3.05) is 25.0 Å². The van der Waals surface area contributed by atoms with Crippen LogP contribution in [0.1, 0.15) is 37.8 Å². The minimum atomic E-state index is -1.09.